The molecule has 1 N–H and O–H groups in total. The van der Waals surface area contributed by atoms with Crippen molar-refractivity contribution in [3.63, 3.8) is 0 Å². The number of ether oxygens (including phenoxy) is 3. The first-order chi connectivity index (χ1) is 17.8. The fraction of sp³-hybridized carbons (Fsp3) is 0.192. The van der Waals surface area contributed by atoms with Gasteiger partial charge in [-0.2, -0.15) is 5.10 Å². The van der Waals surface area contributed by atoms with Gasteiger partial charge < -0.3 is 14.2 Å². The molecule has 0 aromatic heterocycles. The van der Waals surface area contributed by atoms with Gasteiger partial charge in [0.2, 0.25) is 0 Å². The second-order valence-electron chi connectivity index (χ2n) is 7.66. The lowest BCUT2D eigenvalue weighted by Crippen LogP contribution is -2.33. The molecule has 3 aromatic rings. The number of benzene rings is 3. The molecule has 0 saturated carbocycles. The zero-order valence-corrected chi connectivity index (χ0v) is 21.6. The molecule has 0 heterocycles. The molecular weight excluding hydrogens is 546 g/mol. The van der Waals surface area contributed by atoms with Crippen LogP contribution >= 0.6 is 15.9 Å². The number of hydrogen-bond donors (Lipinski definition) is 1. The Balaban J connectivity index is 1.65. The maximum atomic E-state index is 12.6. The number of halogens is 1. The Labute approximate surface area is 221 Å². The van der Waals surface area contributed by atoms with Gasteiger partial charge in [0.1, 0.15) is 11.5 Å². The van der Waals surface area contributed by atoms with Crippen molar-refractivity contribution in [2.45, 2.75) is 26.4 Å². The minimum absolute atomic E-state index is 0.0368. The Morgan fingerprint density at radius 3 is 2.54 bits per heavy atom. The summed E-state index contributed by atoms with van der Waals surface area (Å²) in [7, 11) is 0. The van der Waals surface area contributed by atoms with E-state index in [9.17, 15) is 19.7 Å². The first-order valence-electron chi connectivity index (χ1n) is 11.3. The highest BCUT2D eigenvalue weighted by Gasteiger charge is 2.20. The van der Waals surface area contributed by atoms with Gasteiger partial charge in [-0.1, -0.05) is 35.0 Å². The van der Waals surface area contributed by atoms with Gasteiger partial charge in [0, 0.05) is 16.1 Å². The third-order valence-electron chi connectivity index (χ3n) is 4.85. The number of nitrogens with zero attached hydrogens (tertiary/aromatic N) is 2. The fourth-order valence-electron chi connectivity index (χ4n) is 2.99. The largest absolute Gasteiger partial charge is 0.494 e. The molecule has 0 aliphatic carbocycles. The van der Waals surface area contributed by atoms with E-state index in [0.717, 1.165) is 6.42 Å². The van der Waals surface area contributed by atoms with Gasteiger partial charge in [0.15, 0.2) is 11.9 Å². The summed E-state index contributed by atoms with van der Waals surface area (Å²) in [4.78, 5) is 35.6. The lowest BCUT2D eigenvalue weighted by Gasteiger charge is -2.13. The van der Waals surface area contributed by atoms with E-state index in [4.69, 9.17) is 14.2 Å². The van der Waals surface area contributed by atoms with Crippen molar-refractivity contribution in [1.29, 1.82) is 0 Å². The number of hydrazone groups is 1. The lowest BCUT2D eigenvalue weighted by atomic mass is 10.2. The fourth-order valence-corrected chi connectivity index (χ4v) is 3.37. The van der Waals surface area contributed by atoms with E-state index < -0.39 is 22.9 Å². The Bertz CT molecular complexity index is 1300. The number of amides is 1. The van der Waals surface area contributed by atoms with Crippen molar-refractivity contribution in [3.8, 4) is 17.2 Å². The van der Waals surface area contributed by atoms with Crippen LogP contribution in [0.2, 0.25) is 0 Å². The molecule has 3 aromatic carbocycles. The minimum atomic E-state index is -1.07. The summed E-state index contributed by atoms with van der Waals surface area (Å²) in [6.07, 6.45) is 1.12. The van der Waals surface area contributed by atoms with E-state index in [1.165, 1.54) is 31.3 Å². The molecule has 0 radical (unpaired) electrons. The summed E-state index contributed by atoms with van der Waals surface area (Å²) < 4.78 is 17.2. The van der Waals surface area contributed by atoms with Crippen LogP contribution in [-0.2, 0) is 4.79 Å². The first-order valence-corrected chi connectivity index (χ1v) is 12.1. The van der Waals surface area contributed by atoms with Gasteiger partial charge >= 0.3 is 11.7 Å². The molecule has 1 amide bonds. The molecule has 11 heteroatoms. The van der Waals surface area contributed by atoms with Crippen molar-refractivity contribution < 1.29 is 28.7 Å². The summed E-state index contributed by atoms with van der Waals surface area (Å²) in [6, 6.07) is 17.3. The molecular formula is C26H24BrN3O7. The summed E-state index contributed by atoms with van der Waals surface area (Å²) in [5, 5.41) is 15.1. The Kier molecular flexibility index (Phi) is 9.73. The second-order valence-corrected chi connectivity index (χ2v) is 8.58. The van der Waals surface area contributed by atoms with E-state index in [-0.39, 0.29) is 17.2 Å². The van der Waals surface area contributed by atoms with Crippen LogP contribution in [0.15, 0.2) is 76.3 Å². The van der Waals surface area contributed by atoms with Crippen molar-refractivity contribution in [2.24, 2.45) is 5.10 Å². The average molecular weight is 570 g/mol. The predicted octanol–water partition coefficient (Wildman–Crippen LogP) is 5.28. The van der Waals surface area contributed by atoms with Gasteiger partial charge in [-0.05, 0) is 61.9 Å². The molecule has 37 heavy (non-hydrogen) atoms. The predicted molar refractivity (Wildman–Crippen MR) is 140 cm³/mol. The summed E-state index contributed by atoms with van der Waals surface area (Å²) in [6.45, 7) is 4.02. The van der Waals surface area contributed by atoms with Crippen molar-refractivity contribution in [3.05, 3.63) is 92.4 Å². The van der Waals surface area contributed by atoms with Gasteiger partial charge in [-0.3, -0.25) is 14.9 Å². The van der Waals surface area contributed by atoms with Gasteiger partial charge in [0.05, 0.1) is 23.3 Å². The highest BCUT2D eigenvalue weighted by atomic mass is 79.9. The van der Waals surface area contributed by atoms with Crippen molar-refractivity contribution in [1.82, 2.24) is 5.43 Å². The summed E-state index contributed by atoms with van der Waals surface area (Å²) >= 11 is 3.36. The SMILES string of the molecule is CCCOc1ccc(C(=O)Oc2ccc(Br)cc2C=NNC(=O)C(C)Oc2ccccc2[N+](=O)[O-])cc1. The highest BCUT2D eigenvalue weighted by Crippen LogP contribution is 2.27. The summed E-state index contributed by atoms with van der Waals surface area (Å²) in [5.74, 6) is -0.361. The van der Waals surface area contributed by atoms with E-state index >= 15 is 0 Å². The van der Waals surface area contributed by atoms with Crippen LogP contribution < -0.4 is 19.6 Å². The zero-order chi connectivity index (χ0) is 26.8. The van der Waals surface area contributed by atoms with Crippen molar-refractivity contribution >= 4 is 39.7 Å². The second kappa shape index (κ2) is 13.2. The Morgan fingerprint density at radius 1 is 1.11 bits per heavy atom. The minimum Gasteiger partial charge on any atom is -0.494 e. The van der Waals surface area contributed by atoms with Crippen molar-refractivity contribution in [2.75, 3.05) is 6.61 Å². The molecule has 0 fully saturated rings. The van der Waals surface area contributed by atoms with Crippen LogP contribution in [0.5, 0.6) is 17.2 Å². The number of hydrogen-bond acceptors (Lipinski definition) is 8. The number of esters is 1. The van der Waals surface area contributed by atoms with E-state index in [1.807, 2.05) is 6.92 Å². The third kappa shape index (κ3) is 7.87. The number of para-hydroxylation sites is 2. The van der Waals surface area contributed by atoms with Crippen LogP contribution in [0, 0.1) is 10.1 Å². The number of nitro groups is 1. The standard InChI is InChI=1S/C26H24BrN3O7/c1-3-14-35-21-11-8-18(9-12-21)26(32)37-23-13-10-20(27)15-19(23)16-28-29-25(31)17(2)36-24-7-5-4-6-22(24)30(33)34/h4-13,15-17H,3,14H2,1-2H3,(H,29,31). The lowest BCUT2D eigenvalue weighted by molar-refractivity contribution is -0.386. The molecule has 1 atom stereocenters. The van der Waals surface area contributed by atoms with Gasteiger partial charge in [0.25, 0.3) is 5.91 Å². The smallest absolute Gasteiger partial charge is 0.343 e. The molecule has 0 spiro atoms. The molecule has 0 bridgehead atoms. The number of carbonyl (C=O) groups excluding carboxylic acids is 2. The van der Waals surface area contributed by atoms with E-state index in [0.29, 0.717) is 28.0 Å². The van der Waals surface area contributed by atoms with E-state index in [2.05, 4.69) is 26.5 Å². The Morgan fingerprint density at radius 2 is 1.84 bits per heavy atom. The number of nitrogens with one attached hydrogen (secondary N) is 1. The number of nitro benzene ring substituents is 1. The molecule has 3 rings (SSSR count). The summed E-state index contributed by atoms with van der Waals surface area (Å²) in [5.41, 5.74) is 2.82. The third-order valence-corrected chi connectivity index (χ3v) is 5.34. The highest BCUT2D eigenvalue weighted by molar-refractivity contribution is 9.10. The molecule has 0 saturated heterocycles. The maximum absolute atomic E-state index is 12.6. The molecule has 10 nitrogen and oxygen atoms in total. The quantitative estimate of drug-likeness (QED) is 0.109. The van der Waals surface area contributed by atoms with Crippen LogP contribution in [0.4, 0.5) is 5.69 Å². The van der Waals surface area contributed by atoms with Gasteiger partial charge in [-0.25, -0.2) is 10.2 Å². The molecule has 0 aliphatic heterocycles. The normalized spacial score (nSPS) is 11.5. The first kappa shape index (κ1) is 27.3. The van der Waals surface area contributed by atoms with E-state index in [1.54, 1.807) is 48.5 Å². The molecule has 0 aliphatic rings. The molecule has 1 unspecified atom stereocenters. The number of rotatable bonds is 11. The maximum Gasteiger partial charge on any atom is 0.343 e. The van der Waals surface area contributed by atoms with Gasteiger partial charge in [-0.15, -0.1) is 0 Å². The zero-order valence-electron chi connectivity index (χ0n) is 20.0. The average Bonchev–Trinajstić information content (AvgIpc) is 2.89. The topological polar surface area (TPSA) is 129 Å². The molecule has 192 valence electrons. The van der Waals surface area contributed by atoms with Crippen LogP contribution in [0.3, 0.4) is 0 Å². The monoisotopic (exact) mass is 569 g/mol. The van der Waals surface area contributed by atoms with Crippen LogP contribution in [0.1, 0.15) is 36.2 Å². The van der Waals surface area contributed by atoms with Crippen LogP contribution in [-0.4, -0.2) is 35.7 Å². The Hall–Kier alpha value is -4.25. The van der Waals surface area contributed by atoms with Crippen LogP contribution in [0.25, 0.3) is 0 Å². The number of carbonyl (C=O) groups is 2.